The molecule has 3 unspecified atom stereocenters. The van der Waals surface area contributed by atoms with Crippen molar-refractivity contribution >= 4 is 0 Å². The highest BCUT2D eigenvalue weighted by Gasteiger charge is 2.66. The van der Waals surface area contributed by atoms with Crippen molar-refractivity contribution in [3.63, 3.8) is 0 Å². The largest absolute Gasteiger partial charge is 0.396 e. The first-order chi connectivity index (χ1) is 18.3. The van der Waals surface area contributed by atoms with Gasteiger partial charge in [-0.3, -0.25) is 0 Å². The van der Waals surface area contributed by atoms with E-state index in [9.17, 15) is 5.11 Å². The van der Waals surface area contributed by atoms with Crippen LogP contribution in [0.4, 0.5) is 0 Å². The summed E-state index contributed by atoms with van der Waals surface area (Å²) in [6.07, 6.45) is 11.7. The van der Waals surface area contributed by atoms with Crippen molar-refractivity contribution in [2.24, 2.45) is 63.5 Å². The second-order valence-electron chi connectivity index (χ2n) is 13.6. The first-order valence-electron chi connectivity index (χ1n) is 15.9. The Kier molecular flexibility index (Phi) is 11.0. The summed E-state index contributed by atoms with van der Waals surface area (Å²) in [5.41, 5.74) is 17.8. The fourth-order valence-electron chi connectivity index (χ4n) is 9.72. The molecule has 0 heterocycles. The molecule has 38 heavy (non-hydrogen) atoms. The number of hydrogen-bond acceptors (Lipinski definition) is 7. The number of rotatable bonds is 14. The Morgan fingerprint density at radius 3 is 2.13 bits per heavy atom. The molecule has 4 fully saturated rings. The van der Waals surface area contributed by atoms with Crippen LogP contribution in [0.1, 0.15) is 85.0 Å². The van der Waals surface area contributed by atoms with Crippen molar-refractivity contribution in [2.75, 3.05) is 46.1 Å². The number of nitrogens with two attached hydrogens (primary N) is 3. The van der Waals surface area contributed by atoms with Gasteiger partial charge in [0.25, 0.3) is 0 Å². The van der Waals surface area contributed by atoms with E-state index >= 15 is 0 Å². The van der Waals surface area contributed by atoms with Crippen LogP contribution in [0.5, 0.6) is 0 Å². The first-order valence-corrected chi connectivity index (χ1v) is 15.9. The Labute approximate surface area is 232 Å². The standard InChI is InChI=1S/C31H59N3O4/c1-21(20-35)24-7-8-25-29-26(19-28(31(24,25)3)38-16-6-13-34)30(2)10-9-23(36-14-4-11-32)17-22(30)18-27(29)37-15-5-12-33/h21-29,35H,4-20,32-34H2,1-3H3/t21-,22?,23-,24-,25+,26+,27?,28+,29?,30+,31-/m1/s1. The molecule has 0 aromatic heterocycles. The van der Waals surface area contributed by atoms with Gasteiger partial charge in [0.05, 0.1) is 18.3 Å². The molecule has 0 aromatic carbocycles. The van der Waals surface area contributed by atoms with E-state index < -0.39 is 0 Å². The summed E-state index contributed by atoms with van der Waals surface area (Å²) < 4.78 is 19.9. The topological polar surface area (TPSA) is 126 Å². The van der Waals surface area contributed by atoms with Gasteiger partial charge >= 0.3 is 0 Å². The summed E-state index contributed by atoms with van der Waals surface area (Å²) in [5, 5.41) is 10.2. The van der Waals surface area contributed by atoms with Gasteiger partial charge in [0.1, 0.15) is 0 Å². The zero-order chi connectivity index (χ0) is 27.3. The fourth-order valence-corrected chi connectivity index (χ4v) is 9.72. The van der Waals surface area contributed by atoms with Crippen LogP contribution in [0.3, 0.4) is 0 Å². The lowest BCUT2D eigenvalue weighted by Gasteiger charge is -2.64. The molecule has 0 saturated heterocycles. The van der Waals surface area contributed by atoms with E-state index in [0.29, 0.717) is 55.3 Å². The molecule has 7 nitrogen and oxygen atoms in total. The average molecular weight is 538 g/mol. The third-order valence-electron chi connectivity index (χ3n) is 11.8. The maximum atomic E-state index is 10.2. The predicted molar refractivity (Wildman–Crippen MR) is 152 cm³/mol. The Bertz CT molecular complexity index is 727. The fraction of sp³-hybridized carbons (Fsp3) is 1.00. The van der Waals surface area contributed by atoms with E-state index in [-0.39, 0.29) is 35.6 Å². The molecular weight excluding hydrogens is 478 g/mol. The molecule has 7 heteroatoms. The van der Waals surface area contributed by atoms with Crippen LogP contribution in [0.25, 0.3) is 0 Å². The number of aliphatic hydroxyl groups is 1. The van der Waals surface area contributed by atoms with E-state index in [1.807, 2.05) is 0 Å². The van der Waals surface area contributed by atoms with Crippen LogP contribution in [0, 0.1) is 46.3 Å². The maximum Gasteiger partial charge on any atom is 0.0637 e. The van der Waals surface area contributed by atoms with Crippen LogP contribution in [-0.4, -0.2) is 69.5 Å². The second kappa shape index (κ2) is 13.6. The van der Waals surface area contributed by atoms with Crippen molar-refractivity contribution in [2.45, 2.75) is 103 Å². The van der Waals surface area contributed by atoms with Crippen LogP contribution in [0.15, 0.2) is 0 Å². The normalized spacial score (nSPS) is 43.3. The Morgan fingerprint density at radius 2 is 1.47 bits per heavy atom. The Morgan fingerprint density at radius 1 is 0.816 bits per heavy atom. The molecule has 0 radical (unpaired) electrons. The summed E-state index contributed by atoms with van der Waals surface area (Å²) in [6.45, 7) is 11.9. The van der Waals surface area contributed by atoms with Gasteiger partial charge in [-0.2, -0.15) is 0 Å². The van der Waals surface area contributed by atoms with Crippen molar-refractivity contribution < 1.29 is 19.3 Å². The summed E-state index contributed by atoms with van der Waals surface area (Å²) in [7, 11) is 0. The zero-order valence-electron chi connectivity index (χ0n) is 24.6. The lowest BCUT2D eigenvalue weighted by Crippen LogP contribution is -2.63. The first kappa shape index (κ1) is 30.7. The van der Waals surface area contributed by atoms with Gasteiger partial charge in [-0.05, 0) is 125 Å². The Balaban J connectivity index is 1.64. The van der Waals surface area contributed by atoms with Gasteiger partial charge in [-0.15, -0.1) is 0 Å². The molecule has 222 valence electrons. The highest BCUT2D eigenvalue weighted by Crippen LogP contribution is 2.69. The monoisotopic (exact) mass is 537 g/mol. The highest BCUT2D eigenvalue weighted by molar-refractivity contribution is 5.15. The molecule has 0 amide bonds. The smallest absolute Gasteiger partial charge is 0.0637 e. The molecule has 4 saturated carbocycles. The molecule has 4 aliphatic rings. The Hall–Kier alpha value is -0.280. The van der Waals surface area contributed by atoms with Gasteiger partial charge in [0.2, 0.25) is 0 Å². The highest BCUT2D eigenvalue weighted by atomic mass is 16.5. The van der Waals surface area contributed by atoms with E-state index in [1.54, 1.807) is 0 Å². The van der Waals surface area contributed by atoms with E-state index in [0.717, 1.165) is 64.8 Å². The predicted octanol–water partition coefficient (Wildman–Crippen LogP) is 3.70. The molecule has 4 aliphatic carbocycles. The van der Waals surface area contributed by atoms with E-state index in [1.165, 1.54) is 19.3 Å². The van der Waals surface area contributed by atoms with Crippen LogP contribution in [-0.2, 0) is 14.2 Å². The van der Waals surface area contributed by atoms with Crippen molar-refractivity contribution in [1.82, 2.24) is 0 Å². The van der Waals surface area contributed by atoms with Crippen LogP contribution < -0.4 is 17.2 Å². The third-order valence-corrected chi connectivity index (χ3v) is 11.8. The van der Waals surface area contributed by atoms with Gasteiger partial charge in [-0.25, -0.2) is 0 Å². The van der Waals surface area contributed by atoms with E-state index in [4.69, 9.17) is 31.4 Å². The number of ether oxygens (including phenoxy) is 3. The van der Waals surface area contributed by atoms with Gasteiger partial charge in [0, 0.05) is 31.8 Å². The van der Waals surface area contributed by atoms with Crippen molar-refractivity contribution in [3.05, 3.63) is 0 Å². The third kappa shape index (κ3) is 5.86. The maximum absolute atomic E-state index is 10.2. The zero-order valence-corrected chi connectivity index (χ0v) is 24.6. The molecule has 0 aromatic rings. The summed E-state index contributed by atoms with van der Waals surface area (Å²) in [4.78, 5) is 0. The minimum atomic E-state index is 0.0547. The van der Waals surface area contributed by atoms with Crippen molar-refractivity contribution in [1.29, 1.82) is 0 Å². The molecule has 0 bridgehead atoms. The number of aliphatic hydroxyl groups excluding tert-OH is 1. The quantitative estimate of drug-likeness (QED) is 0.249. The lowest BCUT2D eigenvalue weighted by atomic mass is 9.43. The number of hydrogen-bond donors (Lipinski definition) is 4. The van der Waals surface area contributed by atoms with Crippen LogP contribution in [0.2, 0.25) is 0 Å². The summed E-state index contributed by atoms with van der Waals surface area (Å²) in [5.74, 6) is 3.04. The van der Waals surface area contributed by atoms with Gasteiger partial charge < -0.3 is 36.5 Å². The van der Waals surface area contributed by atoms with E-state index in [2.05, 4.69) is 20.8 Å². The van der Waals surface area contributed by atoms with Crippen molar-refractivity contribution in [3.8, 4) is 0 Å². The number of fused-ring (bicyclic) bond motifs is 5. The van der Waals surface area contributed by atoms with Gasteiger partial charge in [-0.1, -0.05) is 20.8 Å². The molecular formula is C31H59N3O4. The molecule has 11 atom stereocenters. The molecule has 0 aliphatic heterocycles. The minimum absolute atomic E-state index is 0.0547. The summed E-state index contributed by atoms with van der Waals surface area (Å²) >= 11 is 0. The minimum Gasteiger partial charge on any atom is -0.396 e. The SMILES string of the molecule is C[C@H](CO)[C@H]1CC[C@H]2C3C(OCCCN)CC4C[C@H](OCCCN)CC[C@]4(C)[C@H]3C[C@H](OCCCN)[C@]12C. The average Bonchev–Trinajstić information content (AvgIpc) is 3.27. The van der Waals surface area contributed by atoms with Crippen LogP contribution >= 0.6 is 0 Å². The molecule has 4 rings (SSSR count). The lowest BCUT2D eigenvalue weighted by molar-refractivity contribution is -0.228. The summed E-state index contributed by atoms with van der Waals surface area (Å²) in [6, 6.07) is 0. The molecule has 7 N–H and O–H groups in total. The molecule has 0 spiro atoms. The second-order valence-corrected chi connectivity index (χ2v) is 13.6. The van der Waals surface area contributed by atoms with Gasteiger partial charge in [0.15, 0.2) is 0 Å².